The Hall–Kier alpha value is -3.01. The average molecular weight is 366 g/mol. The Kier molecular flexibility index (Phi) is 8.16. The summed E-state index contributed by atoms with van der Waals surface area (Å²) in [6, 6.07) is 3.16. The molecule has 1 rings (SSSR count). The Bertz CT molecular complexity index is 659. The summed E-state index contributed by atoms with van der Waals surface area (Å²) in [5, 5.41) is 24.8. The van der Waals surface area contributed by atoms with Gasteiger partial charge >= 0.3 is 5.97 Å². The third-order valence-electron chi connectivity index (χ3n) is 3.58. The highest BCUT2D eigenvalue weighted by Gasteiger charge is 2.20. The molecule has 1 aromatic rings. The Morgan fingerprint density at radius 3 is 2.35 bits per heavy atom. The second-order valence-corrected chi connectivity index (χ2v) is 5.74. The number of benzene rings is 1. The number of hydrogen-bond donors (Lipinski definition) is 4. The first-order valence-electron chi connectivity index (χ1n) is 8.03. The van der Waals surface area contributed by atoms with Crippen LogP contribution in [0.2, 0.25) is 0 Å². The van der Waals surface area contributed by atoms with Gasteiger partial charge in [0.25, 0.3) is 11.6 Å². The van der Waals surface area contributed by atoms with Gasteiger partial charge in [-0.15, -0.1) is 0 Å². The van der Waals surface area contributed by atoms with Gasteiger partial charge < -0.3 is 21.5 Å². The fourth-order valence-corrected chi connectivity index (χ4v) is 2.08. The van der Waals surface area contributed by atoms with Gasteiger partial charge in [-0.25, -0.2) is 4.79 Å². The largest absolute Gasteiger partial charge is 0.480 e. The Labute approximate surface area is 149 Å². The van der Waals surface area contributed by atoms with Crippen LogP contribution in [0.1, 0.15) is 36.5 Å². The van der Waals surface area contributed by atoms with E-state index in [4.69, 9.17) is 5.73 Å². The Balaban J connectivity index is 2.49. The maximum atomic E-state index is 12.1. The predicted molar refractivity (Wildman–Crippen MR) is 92.5 cm³/mol. The molecule has 5 N–H and O–H groups in total. The number of rotatable bonds is 10. The molecule has 2 atom stereocenters. The highest BCUT2D eigenvalue weighted by atomic mass is 16.6. The second kappa shape index (κ2) is 10.1. The van der Waals surface area contributed by atoms with Gasteiger partial charge in [0.1, 0.15) is 6.04 Å². The first-order valence-corrected chi connectivity index (χ1v) is 8.03. The molecule has 2 amide bonds. The van der Waals surface area contributed by atoms with E-state index < -0.39 is 28.9 Å². The Morgan fingerprint density at radius 2 is 1.85 bits per heavy atom. The fourth-order valence-electron chi connectivity index (χ4n) is 2.08. The molecule has 10 nitrogen and oxygen atoms in total. The molecule has 0 spiro atoms. The van der Waals surface area contributed by atoms with Gasteiger partial charge in [0, 0.05) is 24.2 Å². The molecule has 0 radical (unpaired) electrons. The maximum absolute atomic E-state index is 12.1. The highest BCUT2D eigenvalue weighted by Crippen LogP contribution is 2.12. The Morgan fingerprint density at radius 1 is 1.23 bits per heavy atom. The first kappa shape index (κ1) is 21.0. The topological polar surface area (TPSA) is 165 Å². The van der Waals surface area contributed by atoms with E-state index in [1.807, 2.05) is 0 Å². The van der Waals surface area contributed by atoms with Crippen LogP contribution in [0.3, 0.4) is 0 Å². The van der Waals surface area contributed by atoms with Gasteiger partial charge in [0.2, 0.25) is 5.91 Å². The summed E-state index contributed by atoms with van der Waals surface area (Å²) in [5.41, 5.74) is 5.37. The minimum Gasteiger partial charge on any atom is -0.480 e. The molecule has 0 aliphatic carbocycles. The van der Waals surface area contributed by atoms with E-state index in [2.05, 4.69) is 10.6 Å². The number of nitro groups is 1. The lowest BCUT2D eigenvalue weighted by atomic mass is 10.1. The number of nitro benzene ring substituents is 1. The number of carboxylic acid groups (broad SMARTS) is 1. The van der Waals surface area contributed by atoms with Crippen LogP contribution in [0.5, 0.6) is 0 Å². The second-order valence-electron chi connectivity index (χ2n) is 5.74. The van der Waals surface area contributed by atoms with E-state index in [1.54, 1.807) is 6.92 Å². The number of hydrogen-bond acceptors (Lipinski definition) is 6. The number of aliphatic carboxylic acids is 1. The van der Waals surface area contributed by atoms with Crippen LogP contribution >= 0.6 is 0 Å². The molecule has 0 aliphatic heterocycles. The molecule has 0 aliphatic rings. The zero-order valence-electron chi connectivity index (χ0n) is 14.3. The molecular weight excluding hydrogens is 344 g/mol. The van der Waals surface area contributed by atoms with Crippen LogP contribution in [0.25, 0.3) is 0 Å². The zero-order valence-corrected chi connectivity index (χ0v) is 14.3. The van der Waals surface area contributed by atoms with Crippen molar-refractivity contribution in [2.45, 2.75) is 38.3 Å². The van der Waals surface area contributed by atoms with E-state index in [1.165, 1.54) is 24.3 Å². The summed E-state index contributed by atoms with van der Waals surface area (Å²) < 4.78 is 0. The number of carboxylic acids is 1. The molecule has 0 heterocycles. The van der Waals surface area contributed by atoms with Gasteiger partial charge in [-0.2, -0.15) is 0 Å². The van der Waals surface area contributed by atoms with Crippen molar-refractivity contribution in [3.63, 3.8) is 0 Å². The first-order chi connectivity index (χ1) is 12.2. The number of carbonyl (C=O) groups excluding carboxylic acids is 2. The lowest BCUT2D eigenvalue weighted by Gasteiger charge is -2.15. The standard InChI is InChI=1S/C16H22N4O6/c1-10(17)14(21)18-9-3-2-4-13(16(23)24)19-15(22)11-5-7-12(8-6-11)20(25)26/h5-8,10,13H,2-4,9,17H2,1H3,(H,18,21)(H,19,22)(H,23,24)/t10-,13-/m0/s1. The molecule has 26 heavy (non-hydrogen) atoms. The number of nitrogens with one attached hydrogen (secondary N) is 2. The molecule has 0 aromatic heterocycles. The normalized spacial score (nSPS) is 12.7. The number of nitrogens with two attached hydrogens (primary N) is 1. The minimum absolute atomic E-state index is 0.131. The van der Waals surface area contributed by atoms with Crippen molar-refractivity contribution in [1.82, 2.24) is 10.6 Å². The number of non-ortho nitro benzene ring substituents is 1. The summed E-state index contributed by atoms with van der Waals surface area (Å²) in [6.07, 6.45) is 1.19. The third-order valence-corrected chi connectivity index (χ3v) is 3.58. The molecule has 142 valence electrons. The fraction of sp³-hybridized carbons (Fsp3) is 0.438. The van der Waals surface area contributed by atoms with Crippen LogP contribution in [-0.4, -0.2) is 46.4 Å². The molecule has 0 saturated carbocycles. The van der Waals surface area contributed by atoms with Crippen molar-refractivity contribution in [1.29, 1.82) is 0 Å². The van der Waals surface area contributed by atoms with Crippen LogP contribution < -0.4 is 16.4 Å². The summed E-state index contributed by atoms with van der Waals surface area (Å²) in [7, 11) is 0. The summed E-state index contributed by atoms with van der Waals surface area (Å²) in [6.45, 7) is 1.92. The molecule has 0 fully saturated rings. The maximum Gasteiger partial charge on any atom is 0.326 e. The number of amides is 2. The monoisotopic (exact) mass is 366 g/mol. The third kappa shape index (κ3) is 6.85. The van der Waals surface area contributed by atoms with Crippen molar-refractivity contribution in [3.8, 4) is 0 Å². The molecule has 0 unspecified atom stereocenters. The minimum atomic E-state index is -1.18. The van der Waals surface area contributed by atoms with Crippen LogP contribution in [-0.2, 0) is 9.59 Å². The highest BCUT2D eigenvalue weighted by molar-refractivity contribution is 5.96. The summed E-state index contributed by atoms with van der Waals surface area (Å²) >= 11 is 0. The van der Waals surface area contributed by atoms with Crippen LogP contribution in [0, 0.1) is 10.1 Å². The van der Waals surface area contributed by atoms with Crippen LogP contribution in [0.4, 0.5) is 5.69 Å². The molecular formula is C16H22N4O6. The zero-order chi connectivity index (χ0) is 19.7. The lowest BCUT2D eigenvalue weighted by molar-refractivity contribution is -0.384. The van der Waals surface area contributed by atoms with E-state index in [0.717, 1.165) is 0 Å². The van der Waals surface area contributed by atoms with Gasteiger partial charge in [-0.3, -0.25) is 19.7 Å². The van der Waals surface area contributed by atoms with Crippen molar-refractivity contribution >= 4 is 23.5 Å². The van der Waals surface area contributed by atoms with Crippen molar-refractivity contribution in [2.24, 2.45) is 5.73 Å². The van der Waals surface area contributed by atoms with Gasteiger partial charge in [0.05, 0.1) is 11.0 Å². The molecule has 1 aromatic carbocycles. The lowest BCUT2D eigenvalue weighted by Crippen LogP contribution is -2.41. The van der Waals surface area contributed by atoms with Crippen molar-refractivity contribution < 1.29 is 24.4 Å². The van der Waals surface area contributed by atoms with E-state index in [0.29, 0.717) is 19.4 Å². The molecule has 0 saturated heterocycles. The number of carbonyl (C=O) groups is 3. The SMILES string of the molecule is C[C@H](N)C(=O)NCCCC[C@H](NC(=O)c1ccc([N+](=O)[O-])cc1)C(=O)O. The van der Waals surface area contributed by atoms with Crippen molar-refractivity contribution in [2.75, 3.05) is 6.54 Å². The quantitative estimate of drug-likeness (QED) is 0.264. The van der Waals surface area contributed by atoms with Gasteiger partial charge in [-0.05, 0) is 38.3 Å². The summed E-state index contributed by atoms with van der Waals surface area (Å²) in [5.74, 6) is -2.09. The van der Waals surface area contributed by atoms with E-state index in [-0.39, 0.29) is 23.6 Å². The smallest absolute Gasteiger partial charge is 0.326 e. The number of nitrogens with zero attached hydrogens (tertiary/aromatic N) is 1. The molecule has 0 bridgehead atoms. The number of unbranched alkanes of at least 4 members (excludes halogenated alkanes) is 1. The average Bonchev–Trinajstić information content (AvgIpc) is 2.59. The summed E-state index contributed by atoms with van der Waals surface area (Å²) in [4.78, 5) is 44.6. The van der Waals surface area contributed by atoms with E-state index >= 15 is 0 Å². The van der Waals surface area contributed by atoms with Crippen molar-refractivity contribution in [3.05, 3.63) is 39.9 Å². The van der Waals surface area contributed by atoms with Crippen LogP contribution in [0.15, 0.2) is 24.3 Å². The van der Waals surface area contributed by atoms with Gasteiger partial charge in [0.15, 0.2) is 0 Å². The van der Waals surface area contributed by atoms with E-state index in [9.17, 15) is 29.6 Å². The van der Waals surface area contributed by atoms with Gasteiger partial charge in [-0.1, -0.05) is 0 Å². The molecule has 10 heteroatoms. The predicted octanol–water partition coefficient (Wildman–Crippen LogP) is 0.412.